The average Bonchev–Trinajstić information content (AvgIpc) is 3.07. The minimum absolute atomic E-state index is 0.00572. The fourth-order valence-corrected chi connectivity index (χ4v) is 4.53. The van der Waals surface area contributed by atoms with Gasteiger partial charge in [0.05, 0.1) is 5.69 Å². The third-order valence-electron chi connectivity index (χ3n) is 6.74. The summed E-state index contributed by atoms with van der Waals surface area (Å²) in [7, 11) is 0. The van der Waals surface area contributed by atoms with Crippen molar-refractivity contribution in [2.24, 2.45) is 0 Å². The zero-order chi connectivity index (χ0) is 23.5. The van der Waals surface area contributed by atoms with Crippen LogP contribution in [0.1, 0.15) is 29.4 Å². The van der Waals surface area contributed by atoms with Crippen LogP contribution in [-0.4, -0.2) is 62.1 Å². The van der Waals surface area contributed by atoms with Crippen molar-refractivity contribution < 1.29 is 9.59 Å². The summed E-state index contributed by atoms with van der Waals surface area (Å²) in [5.74, 6) is -0.0673. The van der Waals surface area contributed by atoms with Crippen LogP contribution in [0.15, 0.2) is 48.8 Å². The molecule has 0 spiro atoms. The number of hydrogen-bond donors (Lipinski definition) is 0. The van der Waals surface area contributed by atoms with Gasteiger partial charge in [0.25, 0.3) is 0 Å². The molecule has 1 aliphatic heterocycles. The molecule has 0 radical (unpaired) electrons. The fourth-order valence-electron chi connectivity index (χ4n) is 4.53. The van der Waals surface area contributed by atoms with E-state index >= 15 is 0 Å². The molecule has 7 nitrogen and oxygen atoms in total. The van der Waals surface area contributed by atoms with Crippen LogP contribution >= 0.6 is 0 Å². The van der Waals surface area contributed by atoms with Crippen molar-refractivity contribution in [1.82, 2.24) is 24.6 Å². The molecule has 0 N–H and O–H groups in total. The molecule has 1 aromatic carbocycles. The molecule has 2 amide bonds. The maximum Gasteiger partial charge on any atom is 0.245 e. The van der Waals surface area contributed by atoms with Gasteiger partial charge in [-0.3, -0.25) is 19.3 Å². The number of likely N-dealkylation sites (N-methyl/N-ethyl adjacent to an activating group) is 1. The standard InChI is InChI=1S/C26H31N5O2/c1-5-29-14-15-30(25(32)17-31-20(4)18(2)19(3)28-31)24(26(29)33)16-22-8-6-7-9-23(22)21-10-12-27-13-11-21/h6-13,24H,5,14-17H2,1-4H3/t24-/m0/s1. The second-order valence-electron chi connectivity index (χ2n) is 8.57. The average molecular weight is 446 g/mol. The van der Waals surface area contributed by atoms with Crippen LogP contribution in [0.25, 0.3) is 11.1 Å². The zero-order valence-electron chi connectivity index (χ0n) is 19.8. The van der Waals surface area contributed by atoms with E-state index in [2.05, 4.69) is 16.1 Å². The smallest absolute Gasteiger partial charge is 0.245 e. The summed E-state index contributed by atoms with van der Waals surface area (Å²) in [6, 6.07) is 11.5. The van der Waals surface area contributed by atoms with E-state index in [0.29, 0.717) is 26.1 Å². The number of hydrogen-bond acceptors (Lipinski definition) is 4. The van der Waals surface area contributed by atoms with E-state index in [1.807, 2.05) is 62.9 Å². The summed E-state index contributed by atoms with van der Waals surface area (Å²) in [5, 5.41) is 4.53. The van der Waals surface area contributed by atoms with Crippen molar-refractivity contribution in [2.45, 2.75) is 46.7 Å². The molecule has 172 valence electrons. The number of carbonyl (C=O) groups excluding carboxylic acids is 2. The van der Waals surface area contributed by atoms with Crippen molar-refractivity contribution in [1.29, 1.82) is 0 Å². The van der Waals surface area contributed by atoms with Gasteiger partial charge in [-0.2, -0.15) is 5.10 Å². The van der Waals surface area contributed by atoms with Crippen LogP contribution in [0, 0.1) is 20.8 Å². The van der Waals surface area contributed by atoms with Gasteiger partial charge in [-0.15, -0.1) is 0 Å². The first kappa shape index (κ1) is 22.7. The second kappa shape index (κ2) is 9.57. The quantitative estimate of drug-likeness (QED) is 0.584. The number of benzene rings is 1. The van der Waals surface area contributed by atoms with Crippen LogP contribution in [0.4, 0.5) is 0 Å². The Morgan fingerprint density at radius 1 is 1.06 bits per heavy atom. The first-order valence-electron chi connectivity index (χ1n) is 11.5. The highest BCUT2D eigenvalue weighted by molar-refractivity contribution is 5.89. The van der Waals surface area contributed by atoms with Crippen LogP contribution < -0.4 is 0 Å². The summed E-state index contributed by atoms with van der Waals surface area (Å²) in [5.41, 5.74) is 6.15. The Labute approximate surface area is 195 Å². The van der Waals surface area contributed by atoms with Gasteiger partial charge in [-0.1, -0.05) is 24.3 Å². The van der Waals surface area contributed by atoms with Crippen molar-refractivity contribution in [2.75, 3.05) is 19.6 Å². The molecule has 0 aliphatic carbocycles. The van der Waals surface area contributed by atoms with Crippen LogP contribution in [0.2, 0.25) is 0 Å². The monoisotopic (exact) mass is 445 g/mol. The Kier molecular flexibility index (Phi) is 6.58. The first-order chi connectivity index (χ1) is 15.9. The number of piperazine rings is 1. The molecule has 7 heteroatoms. The predicted molar refractivity (Wildman–Crippen MR) is 128 cm³/mol. The minimum atomic E-state index is -0.535. The molecule has 3 aromatic rings. The van der Waals surface area contributed by atoms with Crippen LogP contribution in [0.5, 0.6) is 0 Å². The Balaban J connectivity index is 1.64. The third-order valence-corrected chi connectivity index (χ3v) is 6.74. The summed E-state index contributed by atoms with van der Waals surface area (Å²) in [4.78, 5) is 34.5. The van der Waals surface area contributed by atoms with Crippen molar-refractivity contribution in [3.8, 4) is 11.1 Å². The SMILES string of the molecule is CCN1CCN(C(=O)Cn2nc(C)c(C)c2C)[C@@H](Cc2ccccc2-c2ccncc2)C1=O. The van der Waals surface area contributed by atoms with E-state index in [-0.39, 0.29) is 18.4 Å². The van der Waals surface area contributed by atoms with Gasteiger partial charge in [-0.25, -0.2) is 0 Å². The zero-order valence-corrected chi connectivity index (χ0v) is 19.8. The van der Waals surface area contributed by atoms with Crippen LogP contribution in [0.3, 0.4) is 0 Å². The Bertz CT molecular complexity index is 1150. The lowest BCUT2D eigenvalue weighted by Gasteiger charge is -2.40. The predicted octanol–water partition coefficient (Wildman–Crippen LogP) is 3.17. The lowest BCUT2D eigenvalue weighted by atomic mass is 9.93. The molecule has 33 heavy (non-hydrogen) atoms. The van der Waals surface area contributed by atoms with E-state index in [4.69, 9.17) is 0 Å². The van der Waals surface area contributed by atoms with Gasteiger partial charge in [0.1, 0.15) is 12.6 Å². The number of nitrogens with zero attached hydrogens (tertiary/aromatic N) is 5. The Morgan fingerprint density at radius 3 is 2.45 bits per heavy atom. The Morgan fingerprint density at radius 2 is 1.79 bits per heavy atom. The normalized spacial score (nSPS) is 16.4. The second-order valence-corrected chi connectivity index (χ2v) is 8.57. The fraction of sp³-hybridized carbons (Fsp3) is 0.385. The largest absolute Gasteiger partial charge is 0.339 e. The van der Waals surface area contributed by atoms with Gasteiger partial charge in [-0.05, 0) is 62.1 Å². The number of carbonyl (C=O) groups is 2. The molecule has 2 aromatic heterocycles. The molecule has 0 bridgehead atoms. The van der Waals surface area contributed by atoms with Crippen molar-refractivity contribution in [3.05, 3.63) is 71.3 Å². The van der Waals surface area contributed by atoms with E-state index in [1.165, 1.54) is 0 Å². The maximum atomic E-state index is 13.4. The summed E-state index contributed by atoms with van der Waals surface area (Å²) >= 11 is 0. The molecule has 3 heterocycles. The number of amides is 2. The van der Waals surface area contributed by atoms with Crippen LogP contribution in [-0.2, 0) is 22.6 Å². The molecule has 0 unspecified atom stereocenters. The van der Waals surface area contributed by atoms with Crippen molar-refractivity contribution in [3.63, 3.8) is 0 Å². The van der Waals surface area contributed by atoms with Gasteiger partial charge in [0.2, 0.25) is 11.8 Å². The number of aromatic nitrogens is 3. The summed E-state index contributed by atoms with van der Waals surface area (Å²) in [6.07, 6.45) is 4.00. The van der Waals surface area contributed by atoms with Gasteiger partial charge >= 0.3 is 0 Å². The van der Waals surface area contributed by atoms with Gasteiger partial charge in [0, 0.05) is 44.1 Å². The molecule has 4 rings (SSSR count). The first-order valence-corrected chi connectivity index (χ1v) is 11.5. The van der Waals surface area contributed by atoms with Gasteiger partial charge in [0.15, 0.2) is 0 Å². The van der Waals surface area contributed by atoms with E-state index in [0.717, 1.165) is 33.6 Å². The minimum Gasteiger partial charge on any atom is -0.339 e. The van der Waals surface area contributed by atoms with E-state index in [9.17, 15) is 9.59 Å². The highest BCUT2D eigenvalue weighted by Crippen LogP contribution is 2.27. The molecule has 1 fully saturated rings. The van der Waals surface area contributed by atoms with E-state index in [1.54, 1.807) is 22.0 Å². The number of pyridine rings is 1. The maximum absolute atomic E-state index is 13.4. The Hall–Kier alpha value is -3.48. The molecular weight excluding hydrogens is 414 g/mol. The van der Waals surface area contributed by atoms with Crippen molar-refractivity contribution >= 4 is 11.8 Å². The molecule has 1 aliphatic rings. The lowest BCUT2D eigenvalue weighted by molar-refractivity contribution is -0.151. The molecule has 0 saturated carbocycles. The summed E-state index contributed by atoms with van der Waals surface area (Å²) < 4.78 is 1.76. The topological polar surface area (TPSA) is 71.3 Å². The van der Waals surface area contributed by atoms with Gasteiger partial charge < -0.3 is 9.80 Å². The van der Waals surface area contributed by atoms with E-state index < -0.39 is 6.04 Å². The third kappa shape index (κ3) is 4.53. The molecular formula is C26H31N5O2. The number of rotatable bonds is 6. The molecule has 1 atom stereocenters. The highest BCUT2D eigenvalue weighted by Gasteiger charge is 2.37. The molecule has 1 saturated heterocycles. The lowest BCUT2D eigenvalue weighted by Crippen LogP contribution is -2.60. The summed E-state index contributed by atoms with van der Waals surface area (Å²) in [6.45, 7) is 9.79. The highest BCUT2D eigenvalue weighted by atomic mass is 16.2. The number of aryl methyl sites for hydroxylation is 1.